The van der Waals surface area contributed by atoms with Crippen molar-refractivity contribution in [1.29, 1.82) is 0 Å². The SMILES string of the molecule is O=C(COc1ccc(F)cc1)NCC1CCN(C(=O)/C=C/c2ccco2)CC1. The highest BCUT2D eigenvalue weighted by molar-refractivity contribution is 5.91. The van der Waals surface area contributed by atoms with Gasteiger partial charge in [0.05, 0.1) is 6.26 Å². The summed E-state index contributed by atoms with van der Waals surface area (Å²) in [7, 11) is 0. The van der Waals surface area contributed by atoms with Crippen LogP contribution in [0.5, 0.6) is 5.75 Å². The van der Waals surface area contributed by atoms with E-state index in [2.05, 4.69) is 5.32 Å². The zero-order chi connectivity index (χ0) is 19.8. The summed E-state index contributed by atoms with van der Waals surface area (Å²) in [5.74, 6) is 0.821. The maximum absolute atomic E-state index is 12.8. The molecule has 0 saturated carbocycles. The Balaban J connectivity index is 1.33. The highest BCUT2D eigenvalue weighted by Crippen LogP contribution is 2.17. The number of benzene rings is 1. The number of piperidine rings is 1. The molecule has 2 aromatic rings. The second kappa shape index (κ2) is 9.73. The molecule has 2 amide bonds. The molecule has 1 aliphatic heterocycles. The summed E-state index contributed by atoms with van der Waals surface area (Å²) in [5, 5.41) is 2.85. The van der Waals surface area contributed by atoms with Gasteiger partial charge in [-0.15, -0.1) is 0 Å². The molecule has 1 aliphatic rings. The van der Waals surface area contributed by atoms with E-state index in [0.29, 0.717) is 37.1 Å². The van der Waals surface area contributed by atoms with Crippen molar-refractivity contribution in [1.82, 2.24) is 10.2 Å². The van der Waals surface area contributed by atoms with Crippen LogP contribution in [0.25, 0.3) is 6.08 Å². The largest absolute Gasteiger partial charge is 0.484 e. The third-order valence-electron chi connectivity index (χ3n) is 4.63. The predicted molar refractivity (Wildman–Crippen MR) is 102 cm³/mol. The van der Waals surface area contributed by atoms with E-state index in [0.717, 1.165) is 12.8 Å². The fourth-order valence-electron chi connectivity index (χ4n) is 2.99. The molecule has 1 N–H and O–H groups in total. The number of nitrogens with one attached hydrogen (secondary N) is 1. The number of hydrogen-bond acceptors (Lipinski definition) is 4. The number of rotatable bonds is 7. The monoisotopic (exact) mass is 386 g/mol. The molecule has 0 atom stereocenters. The van der Waals surface area contributed by atoms with E-state index in [9.17, 15) is 14.0 Å². The minimum absolute atomic E-state index is 0.0356. The molecule has 28 heavy (non-hydrogen) atoms. The lowest BCUT2D eigenvalue weighted by Gasteiger charge is -2.31. The van der Waals surface area contributed by atoms with Crippen molar-refractivity contribution >= 4 is 17.9 Å². The van der Waals surface area contributed by atoms with Crippen molar-refractivity contribution in [3.8, 4) is 5.75 Å². The molecule has 1 fully saturated rings. The van der Waals surface area contributed by atoms with Crippen molar-refractivity contribution in [3.05, 3.63) is 60.3 Å². The van der Waals surface area contributed by atoms with Crippen LogP contribution in [-0.2, 0) is 9.59 Å². The highest BCUT2D eigenvalue weighted by atomic mass is 19.1. The first-order valence-corrected chi connectivity index (χ1v) is 9.26. The van der Waals surface area contributed by atoms with E-state index in [-0.39, 0.29) is 24.2 Å². The van der Waals surface area contributed by atoms with Gasteiger partial charge in [-0.3, -0.25) is 9.59 Å². The maximum atomic E-state index is 12.8. The van der Waals surface area contributed by atoms with Crippen molar-refractivity contribution in [2.24, 2.45) is 5.92 Å². The molecule has 2 heterocycles. The standard InChI is InChI=1S/C21H23FN2O4/c22-17-3-5-19(6-4-17)28-15-20(25)23-14-16-9-11-24(12-10-16)21(26)8-7-18-2-1-13-27-18/h1-8,13,16H,9-12,14-15H2,(H,23,25)/b8-7+. The summed E-state index contributed by atoms with van der Waals surface area (Å²) in [6.45, 7) is 1.76. The van der Waals surface area contributed by atoms with Crippen LogP contribution in [0.15, 0.2) is 53.2 Å². The van der Waals surface area contributed by atoms with Crippen LogP contribution in [-0.4, -0.2) is 43.0 Å². The van der Waals surface area contributed by atoms with E-state index in [1.807, 2.05) is 0 Å². The van der Waals surface area contributed by atoms with Crippen molar-refractivity contribution < 1.29 is 23.1 Å². The molecule has 1 aromatic carbocycles. The van der Waals surface area contributed by atoms with Crippen molar-refractivity contribution in [2.45, 2.75) is 12.8 Å². The molecule has 0 unspecified atom stereocenters. The quantitative estimate of drug-likeness (QED) is 0.743. The van der Waals surface area contributed by atoms with Gasteiger partial charge in [0.2, 0.25) is 5.91 Å². The van der Waals surface area contributed by atoms with E-state index in [4.69, 9.17) is 9.15 Å². The number of nitrogens with zero attached hydrogens (tertiary/aromatic N) is 1. The van der Waals surface area contributed by atoms with Gasteiger partial charge in [0.15, 0.2) is 6.61 Å². The first-order chi connectivity index (χ1) is 13.6. The van der Waals surface area contributed by atoms with Gasteiger partial charge in [-0.05, 0) is 61.2 Å². The average molecular weight is 386 g/mol. The fraction of sp³-hybridized carbons (Fsp3) is 0.333. The van der Waals surface area contributed by atoms with E-state index < -0.39 is 0 Å². The second-order valence-corrected chi connectivity index (χ2v) is 6.66. The van der Waals surface area contributed by atoms with Crippen LogP contribution in [0, 0.1) is 11.7 Å². The first-order valence-electron chi connectivity index (χ1n) is 9.26. The molecule has 0 spiro atoms. The number of amides is 2. The Hall–Kier alpha value is -3.09. The number of hydrogen-bond donors (Lipinski definition) is 1. The summed E-state index contributed by atoms with van der Waals surface area (Å²) in [6, 6.07) is 9.09. The Morgan fingerprint density at radius 2 is 1.96 bits per heavy atom. The third-order valence-corrected chi connectivity index (χ3v) is 4.63. The second-order valence-electron chi connectivity index (χ2n) is 6.66. The van der Waals surface area contributed by atoms with Gasteiger partial charge < -0.3 is 19.4 Å². The molecule has 0 bridgehead atoms. The van der Waals surface area contributed by atoms with Crippen LogP contribution < -0.4 is 10.1 Å². The fourth-order valence-corrected chi connectivity index (χ4v) is 2.99. The molecule has 148 valence electrons. The average Bonchev–Trinajstić information content (AvgIpc) is 3.24. The number of carbonyl (C=O) groups is 2. The molecule has 1 saturated heterocycles. The van der Waals surface area contributed by atoms with E-state index in [1.54, 1.807) is 29.4 Å². The summed E-state index contributed by atoms with van der Waals surface area (Å²) < 4.78 is 23.3. The van der Waals surface area contributed by atoms with Gasteiger partial charge >= 0.3 is 0 Å². The first kappa shape index (κ1) is 19.7. The molecular formula is C21H23FN2O4. The summed E-state index contributed by atoms with van der Waals surface area (Å²) >= 11 is 0. The van der Waals surface area contributed by atoms with Gasteiger partial charge in [0.25, 0.3) is 5.91 Å². The highest BCUT2D eigenvalue weighted by Gasteiger charge is 2.22. The molecule has 6 nitrogen and oxygen atoms in total. The molecule has 0 radical (unpaired) electrons. The lowest BCUT2D eigenvalue weighted by molar-refractivity contribution is -0.128. The lowest BCUT2D eigenvalue weighted by atomic mass is 9.96. The number of ether oxygens (including phenoxy) is 1. The zero-order valence-electron chi connectivity index (χ0n) is 15.5. The number of halogens is 1. The molecule has 0 aliphatic carbocycles. The number of furan rings is 1. The van der Waals surface area contributed by atoms with Crippen LogP contribution in [0.4, 0.5) is 4.39 Å². The third kappa shape index (κ3) is 5.97. The smallest absolute Gasteiger partial charge is 0.257 e. The summed E-state index contributed by atoms with van der Waals surface area (Å²) in [4.78, 5) is 25.9. The minimum atomic E-state index is -0.349. The molecule has 3 rings (SSSR count). The normalized spacial score (nSPS) is 15.0. The Kier molecular flexibility index (Phi) is 6.84. The van der Waals surface area contributed by atoms with Crippen molar-refractivity contribution in [2.75, 3.05) is 26.2 Å². The Labute approximate surface area is 163 Å². The van der Waals surface area contributed by atoms with Gasteiger partial charge in [0.1, 0.15) is 17.3 Å². The van der Waals surface area contributed by atoms with Crippen LogP contribution in [0.1, 0.15) is 18.6 Å². The van der Waals surface area contributed by atoms with Crippen LogP contribution in [0.2, 0.25) is 0 Å². The van der Waals surface area contributed by atoms with Gasteiger partial charge in [-0.2, -0.15) is 0 Å². The van der Waals surface area contributed by atoms with Crippen LogP contribution in [0.3, 0.4) is 0 Å². The van der Waals surface area contributed by atoms with E-state index >= 15 is 0 Å². The maximum Gasteiger partial charge on any atom is 0.257 e. The van der Waals surface area contributed by atoms with Crippen molar-refractivity contribution in [3.63, 3.8) is 0 Å². The van der Waals surface area contributed by atoms with Gasteiger partial charge in [-0.1, -0.05) is 0 Å². The summed E-state index contributed by atoms with van der Waals surface area (Å²) in [5.41, 5.74) is 0. The summed E-state index contributed by atoms with van der Waals surface area (Å²) in [6.07, 6.45) is 6.41. The van der Waals surface area contributed by atoms with Gasteiger partial charge in [0, 0.05) is 25.7 Å². The Morgan fingerprint density at radius 3 is 2.64 bits per heavy atom. The Bertz CT molecular complexity index is 794. The van der Waals surface area contributed by atoms with Gasteiger partial charge in [-0.25, -0.2) is 4.39 Å². The molecule has 1 aromatic heterocycles. The number of carbonyl (C=O) groups excluding carboxylic acids is 2. The molecular weight excluding hydrogens is 363 g/mol. The number of likely N-dealkylation sites (tertiary alicyclic amines) is 1. The minimum Gasteiger partial charge on any atom is -0.484 e. The Morgan fingerprint density at radius 1 is 1.21 bits per heavy atom. The lowest BCUT2D eigenvalue weighted by Crippen LogP contribution is -2.41. The predicted octanol–water partition coefficient (Wildman–Crippen LogP) is 2.87. The molecule has 7 heteroatoms. The van der Waals surface area contributed by atoms with Crippen LogP contribution >= 0.6 is 0 Å². The van der Waals surface area contributed by atoms with E-state index in [1.165, 1.54) is 30.3 Å². The topological polar surface area (TPSA) is 71.8 Å². The zero-order valence-corrected chi connectivity index (χ0v) is 15.5.